The summed E-state index contributed by atoms with van der Waals surface area (Å²) in [6.45, 7) is 6.19. The highest BCUT2D eigenvalue weighted by Gasteiger charge is 2.42. The lowest BCUT2D eigenvalue weighted by Gasteiger charge is -2.36. The Kier molecular flexibility index (Phi) is 5.89. The van der Waals surface area contributed by atoms with E-state index in [1.165, 1.54) is 0 Å². The number of pyridine rings is 1. The number of para-hydroxylation sites is 2. The van der Waals surface area contributed by atoms with Crippen LogP contribution in [-0.2, 0) is 16.2 Å². The first kappa shape index (κ1) is 22.8. The van der Waals surface area contributed by atoms with E-state index in [-0.39, 0.29) is 17.1 Å². The maximum atomic E-state index is 13.6. The van der Waals surface area contributed by atoms with Gasteiger partial charge in [0.15, 0.2) is 5.78 Å². The fourth-order valence-electron chi connectivity index (χ4n) is 5.05. The molecule has 1 atom stereocenters. The number of anilines is 2. The molecule has 6 heteroatoms. The van der Waals surface area contributed by atoms with Crippen LogP contribution in [-0.4, -0.2) is 16.7 Å². The molecule has 178 valence electrons. The maximum Gasteiger partial charge on any atom is 0.224 e. The first-order chi connectivity index (χ1) is 16.8. The number of hydrogen-bond acceptors (Lipinski definition) is 5. The number of ketones is 1. The molecule has 35 heavy (non-hydrogen) atoms. The third-order valence-electron chi connectivity index (χ3n) is 6.56. The Bertz CT molecular complexity index is 1300. The molecule has 2 aliphatic rings. The molecule has 6 nitrogen and oxygen atoms in total. The van der Waals surface area contributed by atoms with Crippen molar-refractivity contribution in [3.8, 4) is 5.75 Å². The number of ether oxygens (including phenoxy) is 1. The predicted molar refractivity (Wildman–Crippen MR) is 136 cm³/mol. The van der Waals surface area contributed by atoms with Crippen LogP contribution in [0.1, 0.15) is 50.8 Å². The van der Waals surface area contributed by atoms with Gasteiger partial charge in [0.25, 0.3) is 0 Å². The van der Waals surface area contributed by atoms with Crippen LogP contribution >= 0.6 is 0 Å². The van der Waals surface area contributed by atoms with Gasteiger partial charge in [-0.25, -0.2) is 0 Å². The van der Waals surface area contributed by atoms with E-state index in [1.807, 2.05) is 60.7 Å². The summed E-state index contributed by atoms with van der Waals surface area (Å²) in [5.41, 5.74) is 4.85. The Morgan fingerprint density at radius 1 is 1.09 bits per heavy atom. The Balaban J connectivity index is 1.56. The molecule has 1 amide bonds. The van der Waals surface area contributed by atoms with Gasteiger partial charge < -0.3 is 10.1 Å². The second-order valence-electron chi connectivity index (χ2n) is 9.99. The number of Topliss-reactive ketones (excluding diaryl/α,β-unsaturated/α-hetero) is 1. The van der Waals surface area contributed by atoms with Crippen molar-refractivity contribution < 1.29 is 14.3 Å². The van der Waals surface area contributed by atoms with Crippen molar-refractivity contribution in [2.45, 2.75) is 46.3 Å². The van der Waals surface area contributed by atoms with Crippen molar-refractivity contribution in [1.29, 1.82) is 0 Å². The van der Waals surface area contributed by atoms with Crippen molar-refractivity contribution >= 4 is 23.1 Å². The zero-order valence-electron chi connectivity index (χ0n) is 20.2. The Morgan fingerprint density at radius 3 is 2.57 bits per heavy atom. The van der Waals surface area contributed by atoms with E-state index in [9.17, 15) is 9.59 Å². The number of aromatic nitrogens is 1. The number of benzene rings is 2. The normalized spacial score (nSPS) is 18.8. The number of hydrogen-bond donors (Lipinski definition) is 1. The fraction of sp³-hybridized carbons (Fsp3) is 0.276. The molecule has 0 spiro atoms. The number of carbonyl (C=O) groups is 2. The van der Waals surface area contributed by atoms with Crippen LogP contribution in [0.15, 0.2) is 84.3 Å². The number of nitrogens with one attached hydrogen (secondary N) is 1. The van der Waals surface area contributed by atoms with Crippen LogP contribution in [0, 0.1) is 5.41 Å². The van der Waals surface area contributed by atoms with E-state index in [1.54, 1.807) is 24.2 Å². The molecule has 0 saturated carbocycles. The Hall–Kier alpha value is -3.93. The van der Waals surface area contributed by atoms with E-state index >= 15 is 0 Å². The van der Waals surface area contributed by atoms with Crippen LogP contribution < -0.4 is 15.0 Å². The lowest BCUT2D eigenvalue weighted by molar-refractivity contribution is -0.118. The summed E-state index contributed by atoms with van der Waals surface area (Å²) >= 11 is 0. The lowest BCUT2D eigenvalue weighted by atomic mass is 9.73. The quantitative estimate of drug-likeness (QED) is 0.523. The van der Waals surface area contributed by atoms with E-state index in [2.05, 4.69) is 24.1 Å². The standard InChI is InChI=1S/C29H29N3O3/c1-19(33)32-25-9-5-4-8-23(25)31-24-15-29(2,3)16-26(34)27(24)28(32)21-10-12-22(13-11-21)35-18-20-7-6-14-30-17-20/h4-14,17,28,31H,15-16,18H2,1-3H3. The highest BCUT2D eigenvalue weighted by atomic mass is 16.5. The second-order valence-corrected chi connectivity index (χ2v) is 9.99. The number of nitrogens with zero attached hydrogens (tertiary/aromatic N) is 2. The van der Waals surface area contributed by atoms with Crippen molar-refractivity contribution in [3.05, 3.63) is 95.5 Å². The molecule has 1 N–H and O–H groups in total. The van der Waals surface area contributed by atoms with Gasteiger partial charge >= 0.3 is 0 Å². The minimum Gasteiger partial charge on any atom is -0.489 e. The molecule has 0 saturated heterocycles. The summed E-state index contributed by atoms with van der Waals surface area (Å²) in [6, 6.07) is 18.8. The number of amides is 1. The first-order valence-corrected chi connectivity index (χ1v) is 11.9. The van der Waals surface area contributed by atoms with Crippen molar-refractivity contribution in [2.24, 2.45) is 5.41 Å². The van der Waals surface area contributed by atoms with E-state index in [0.29, 0.717) is 24.4 Å². The van der Waals surface area contributed by atoms with Gasteiger partial charge in [-0.05, 0) is 47.7 Å². The molecule has 1 aliphatic heterocycles. The van der Waals surface area contributed by atoms with Gasteiger partial charge in [-0.3, -0.25) is 19.5 Å². The third kappa shape index (κ3) is 4.56. The Labute approximate surface area is 205 Å². The molecular weight excluding hydrogens is 438 g/mol. The van der Waals surface area contributed by atoms with Gasteiger partial charge in [-0.2, -0.15) is 0 Å². The number of rotatable bonds is 4. The third-order valence-corrected chi connectivity index (χ3v) is 6.56. The molecule has 1 aliphatic carbocycles. The van der Waals surface area contributed by atoms with Crippen LogP contribution in [0.2, 0.25) is 0 Å². The summed E-state index contributed by atoms with van der Waals surface area (Å²) < 4.78 is 5.93. The maximum absolute atomic E-state index is 13.6. The summed E-state index contributed by atoms with van der Waals surface area (Å²) in [7, 11) is 0. The Morgan fingerprint density at radius 2 is 1.86 bits per heavy atom. The molecular formula is C29H29N3O3. The topological polar surface area (TPSA) is 71.5 Å². The molecule has 0 radical (unpaired) electrons. The molecule has 5 rings (SSSR count). The average Bonchev–Trinajstić information content (AvgIpc) is 2.97. The highest BCUT2D eigenvalue weighted by Crippen LogP contribution is 2.48. The van der Waals surface area contributed by atoms with Gasteiger partial charge in [-0.15, -0.1) is 0 Å². The smallest absolute Gasteiger partial charge is 0.224 e. The van der Waals surface area contributed by atoms with Gasteiger partial charge in [0, 0.05) is 42.6 Å². The highest BCUT2D eigenvalue weighted by molar-refractivity contribution is 6.05. The number of carbonyl (C=O) groups excluding carboxylic acids is 2. The van der Waals surface area contributed by atoms with Gasteiger partial charge in [0.2, 0.25) is 5.91 Å². The monoisotopic (exact) mass is 467 g/mol. The van der Waals surface area contributed by atoms with Gasteiger partial charge in [-0.1, -0.05) is 44.2 Å². The van der Waals surface area contributed by atoms with Crippen LogP contribution in [0.5, 0.6) is 5.75 Å². The summed E-state index contributed by atoms with van der Waals surface area (Å²) in [6.07, 6.45) is 4.68. The van der Waals surface area contributed by atoms with E-state index < -0.39 is 6.04 Å². The van der Waals surface area contributed by atoms with Crippen LogP contribution in [0.4, 0.5) is 11.4 Å². The zero-order valence-corrected chi connectivity index (χ0v) is 20.2. The molecule has 3 aromatic rings. The molecule has 2 heterocycles. The molecule has 2 aromatic carbocycles. The molecule has 1 unspecified atom stereocenters. The SMILES string of the molecule is CC(=O)N1c2ccccc2NC2=C(C(=O)CC(C)(C)C2)C1c1ccc(OCc2cccnc2)cc1. The molecule has 0 bridgehead atoms. The molecule has 1 aromatic heterocycles. The van der Waals surface area contributed by atoms with Crippen LogP contribution in [0.3, 0.4) is 0 Å². The average molecular weight is 468 g/mol. The first-order valence-electron chi connectivity index (χ1n) is 11.9. The van der Waals surface area contributed by atoms with E-state index in [4.69, 9.17) is 4.74 Å². The van der Waals surface area contributed by atoms with E-state index in [0.717, 1.165) is 34.6 Å². The second kappa shape index (κ2) is 9.02. The van der Waals surface area contributed by atoms with Gasteiger partial charge in [0.1, 0.15) is 12.4 Å². The van der Waals surface area contributed by atoms with Crippen molar-refractivity contribution in [3.63, 3.8) is 0 Å². The largest absolute Gasteiger partial charge is 0.489 e. The lowest BCUT2D eigenvalue weighted by Crippen LogP contribution is -2.38. The summed E-state index contributed by atoms with van der Waals surface area (Å²) in [5, 5.41) is 3.52. The van der Waals surface area contributed by atoms with Crippen LogP contribution in [0.25, 0.3) is 0 Å². The number of allylic oxidation sites excluding steroid dienone is 1. The predicted octanol–water partition coefficient (Wildman–Crippen LogP) is 5.82. The zero-order chi connectivity index (χ0) is 24.6. The summed E-state index contributed by atoms with van der Waals surface area (Å²) in [4.78, 5) is 32.5. The molecule has 0 fully saturated rings. The summed E-state index contributed by atoms with van der Waals surface area (Å²) in [5.74, 6) is 0.668. The van der Waals surface area contributed by atoms with Crippen molar-refractivity contribution in [2.75, 3.05) is 10.2 Å². The minimum atomic E-state index is -0.519. The fourth-order valence-corrected chi connectivity index (χ4v) is 5.05. The van der Waals surface area contributed by atoms with Gasteiger partial charge in [0.05, 0.1) is 17.4 Å². The minimum absolute atomic E-state index is 0.0738. The van der Waals surface area contributed by atoms with Crippen molar-refractivity contribution in [1.82, 2.24) is 4.98 Å². The number of fused-ring (bicyclic) bond motifs is 1.